The normalized spacial score (nSPS) is 22.5. The molecule has 2 fully saturated rings. The Bertz CT molecular complexity index is 1960. The molecule has 4 aromatic rings. The van der Waals surface area contributed by atoms with Crippen LogP contribution < -0.4 is 31.3 Å². The van der Waals surface area contributed by atoms with E-state index < -0.39 is 58.9 Å². The van der Waals surface area contributed by atoms with Crippen LogP contribution >= 0.6 is 0 Å². The Balaban J connectivity index is 1.24. The van der Waals surface area contributed by atoms with Gasteiger partial charge < -0.3 is 51.2 Å². The minimum atomic E-state index is -3.87. The minimum Gasteiger partial charge on any atom is -0.394 e. The number of aliphatic hydroxyl groups is 4. The maximum atomic E-state index is 12.8. The van der Waals surface area contributed by atoms with Gasteiger partial charge >= 0.3 is 6.03 Å². The maximum absolute atomic E-state index is 12.8. The molecule has 1 saturated heterocycles. The first-order chi connectivity index (χ1) is 24.4. The van der Waals surface area contributed by atoms with Crippen molar-refractivity contribution in [3.8, 4) is 0 Å². The molecule has 1 aliphatic heterocycles. The van der Waals surface area contributed by atoms with Crippen molar-refractivity contribution >= 4 is 50.6 Å². The summed E-state index contributed by atoms with van der Waals surface area (Å²) in [4.78, 5) is 40.6. The second kappa shape index (κ2) is 15.1. The van der Waals surface area contributed by atoms with Gasteiger partial charge in [-0.15, -0.1) is 0 Å². The van der Waals surface area contributed by atoms with Crippen LogP contribution in [0.1, 0.15) is 24.4 Å². The second-order valence-corrected chi connectivity index (χ2v) is 14.2. The summed E-state index contributed by atoms with van der Waals surface area (Å²) < 4.78 is 24.7. The average Bonchev–Trinajstić information content (AvgIpc) is 3.82. The van der Waals surface area contributed by atoms with Crippen LogP contribution in [0.2, 0.25) is 0 Å². The zero-order valence-electron chi connectivity index (χ0n) is 27.3. The zero-order chi connectivity index (χ0) is 36.3. The van der Waals surface area contributed by atoms with Gasteiger partial charge in [0.1, 0.15) is 18.8 Å². The molecule has 0 radical (unpaired) electrons. The third-order valence-corrected chi connectivity index (χ3v) is 9.97. The third kappa shape index (κ3) is 8.19. The van der Waals surface area contributed by atoms with E-state index in [0.717, 1.165) is 5.56 Å². The smallest absolute Gasteiger partial charge is 0.319 e. The molecule has 18 nitrogen and oxygen atoms in total. The lowest BCUT2D eigenvalue weighted by Crippen LogP contribution is -2.44. The number of primary sulfonamides is 1. The number of sulfonamides is 1. The Hall–Kier alpha value is -4.92. The van der Waals surface area contributed by atoms with Gasteiger partial charge in [-0.2, -0.15) is 9.97 Å². The lowest BCUT2D eigenvalue weighted by atomic mass is 10.1. The monoisotopic (exact) mass is 724 g/mol. The van der Waals surface area contributed by atoms with E-state index in [9.17, 15) is 38.4 Å². The Morgan fingerprint density at radius 1 is 1.00 bits per heavy atom. The number of anilines is 3. The van der Waals surface area contributed by atoms with Crippen LogP contribution in [0.4, 0.5) is 22.2 Å². The summed E-state index contributed by atoms with van der Waals surface area (Å²) in [5.41, 5.74) is 2.06. The van der Waals surface area contributed by atoms with Gasteiger partial charge in [-0.1, -0.05) is 30.3 Å². The summed E-state index contributed by atoms with van der Waals surface area (Å²) in [6, 6.07) is 12.3. The van der Waals surface area contributed by atoms with Crippen LogP contribution in [0, 0.1) is 0 Å². The summed E-state index contributed by atoms with van der Waals surface area (Å²) in [5, 5.41) is 57.8. The molecule has 51 heavy (non-hydrogen) atoms. The number of nitrogens with two attached hydrogens (primary N) is 1. The van der Waals surface area contributed by atoms with E-state index in [1.165, 1.54) is 30.6 Å². The largest absolute Gasteiger partial charge is 0.394 e. The molecule has 272 valence electrons. The molecular formula is C32H40N10O8S. The number of aromatic nitrogens is 4. The number of amides is 3. The van der Waals surface area contributed by atoms with Crippen molar-refractivity contribution in [1.29, 1.82) is 0 Å². The number of carbonyl (C=O) groups excluding carboxylic acids is 2. The third-order valence-electron chi connectivity index (χ3n) is 9.04. The Labute approximate surface area is 292 Å². The number of benzene rings is 2. The molecule has 2 aliphatic rings. The molecule has 1 aliphatic carbocycles. The number of rotatable bonds is 12. The van der Waals surface area contributed by atoms with Crippen molar-refractivity contribution in [2.75, 3.05) is 41.8 Å². The highest BCUT2D eigenvalue weighted by atomic mass is 32.2. The molecule has 19 heteroatoms. The average molecular weight is 725 g/mol. The van der Waals surface area contributed by atoms with Gasteiger partial charge in [0.25, 0.3) is 0 Å². The SMILES string of the molecule is NS(=O)(=O)c1ccc(NC(=O)NC2CCN(c3nc(N[C@H](CO)Cc4ccccc4)c4ncn([C@@H]5C[C@H](NC(=O)CO)[C@@H](O)[C@H]5O)c4n3)C2)cc1. The van der Waals surface area contributed by atoms with E-state index in [1.54, 1.807) is 4.57 Å². The number of imidazole rings is 1. The number of aliphatic hydroxyl groups excluding tert-OH is 4. The van der Waals surface area contributed by atoms with Gasteiger partial charge in [-0.25, -0.2) is 23.3 Å². The number of urea groups is 1. The number of hydrogen-bond acceptors (Lipinski definition) is 13. The van der Waals surface area contributed by atoms with Gasteiger partial charge in [-0.3, -0.25) is 4.79 Å². The highest BCUT2D eigenvalue weighted by molar-refractivity contribution is 7.89. The lowest BCUT2D eigenvalue weighted by Gasteiger charge is -2.22. The van der Waals surface area contributed by atoms with Crippen LogP contribution in [0.5, 0.6) is 0 Å². The fourth-order valence-electron chi connectivity index (χ4n) is 6.46. The fourth-order valence-corrected chi connectivity index (χ4v) is 6.98. The predicted octanol–water partition coefficient (Wildman–Crippen LogP) is -0.967. The minimum absolute atomic E-state index is 0.0793. The number of nitrogens with zero attached hydrogens (tertiary/aromatic N) is 5. The lowest BCUT2D eigenvalue weighted by molar-refractivity contribution is -0.125. The summed E-state index contributed by atoms with van der Waals surface area (Å²) in [5.74, 6) is -0.0543. The summed E-state index contributed by atoms with van der Waals surface area (Å²) in [6.07, 6.45) is 0.0335. The summed E-state index contributed by atoms with van der Waals surface area (Å²) in [6.45, 7) is -0.170. The Morgan fingerprint density at radius 2 is 1.75 bits per heavy atom. The standard InChI is InChI=1S/C32H40N10O8S/c33-51(49,50)22-8-6-19(7-9-22)36-32(48)37-20-10-11-41(14-20)31-39-29(35-21(15-43)12-18-4-2-1-3-5-18)26-30(40-31)42(17-34-26)24-13-23(27(46)28(24)47)38-25(45)16-44/h1-9,17,20-21,23-24,27-28,43-44,46-47H,10-16H2,(H,38,45)(H2,33,49,50)(H,35,39,40)(H2,36,37,48)/t20?,21-,23-,24+,27+,28-/m0/s1. The van der Waals surface area contributed by atoms with Gasteiger partial charge in [0.2, 0.25) is 21.9 Å². The van der Waals surface area contributed by atoms with E-state index >= 15 is 0 Å². The Kier molecular flexibility index (Phi) is 10.6. The number of nitrogens with one attached hydrogen (secondary N) is 4. The van der Waals surface area contributed by atoms with Gasteiger partial charge in [0.05, 0.1) is 36.0 Å². The van der Waals surface area contributed by atoms with Gasteiger partial charge in [0, 0.05) is 24.8 Å². The van der Waals surface area contributed by atoms with Crippen molar-refractivity contribution in [1.82, 2.24) is 30.2 Å². The first-order valence-electron chi connectivity index (χ1n) is 16.3. The molecule has 3 amide bonds. The Morgan fingerprint density at radius 3 is 2.43 bits per heavy atom. The maximum Gasteiger partial charge on any atom is 0.319 e. The molecule has 0 spiro atoms. The van der Waals surface area contributed by atoms with Crippen LogP contribution in [0.15, 0.2) is 65.8 Å². The first kappa shape index (κ1) is 35.9. The second-order valence-electron chi connectivity index (χ2n) is 12.6. The molecule has 10 N–H and O–H groups in total. The van der Waals surface area contributed by atoms with E-state index in [2.05, 4.69) is 26.3 Å². The first-order valence-corrected chi connectivity index (χ1v) is 17.9. The topological polar surface area (TPSA) is 270 Å². The highest BCUT2D eigenvalue weighted by Gasteiger charge is 2.44. The molecule has 0 bridgehead atoms. The summed E-state index contributed by atoms with van der Waals surface area (Å²) >= 11 is 0. The number of fused-ring (bicyclic) bond motifs is 1. The molecule has 1 saturated carbocycles. The van der Waals surface area contributed by atoms with E-state index in [0.29, 0.717) is 54.5 Å². The van der Waals surface area contributed by atoms with Crippen molar-refractivity contribution < 1.29 is 38.4 Å². The molecule has 6 rings (SSSR count). The molecule has 2 aromatic carbocycles. The van der Waals surface area contributed by atoms with Crippen LogP contribution in [-0.4, -0.2) is 117 Å². The number of hydrogen-bond donors (Lipinski definition) is 9. The number of carbonyl (C=O) groups is 2. The van der Waals surface area contributed by atoms with Crippen LogP contribution in [0.3, 0.4) is 0 Å². The molecule has 2 aromatic heterocycles. The van der Waals surface area contributed by atoms with Gasteiger partial charge in [0.15, 0.2) is 17.0 Å². The van der Waals surface area contributed by atoms with E-state index in [-0.39, 0.29) is 24.0 Å². The predicted molar refractivity (Wildman–Crippen MR) is 185 cm³/mol. The van der Waals surface area contributed by atoms with Gasteiger partial charge in [-0.05, 0) is 49.1 Å². The quantitative estimate of drug-likeness (QED) is 0.0853. The fraction of sp³-hybridized carbons (Fsp3) is 0.406. The van der Waals surface area contributed by atoms with E-state index in [1.807, 2.05) is 35.2 Å². The molecule has 6 atom stereocenters. The van der Waals surface area contributed by atoms with Crippen molar-refractivity contribution in [2.24, 2.45) is 5.14 Å². The van der Waals surface area contributed by atoms with E-state index in [4.69, 9.17) is 15.1 Å². The molecule has 3 heterocycles. The molecular weight excluding hydrogens is 684 g/mol. The van der Waals surface area contributed by atoms with Crippen molar-refractivity contribution in [2.45, 2.75) is 60.5 Å². The molecule has 1 unspecified atom stereocenters. The van der Waals surface area contributed by atoms with Crippen molar-refractivity contribution in [3.63, 3.8) is 0 Å². The highest BCUT2D eigenvalue weighted by Crippen LogP contribution is 2.35. The summed E-state index contributed by atoms with van der Waals surface area (Å²) in [7, 11) is -3.87. The van der Waals surface area contributed by atoms with Crippen LogP contribution in [-0.2, 0) is 21.2 Å². The van der Waals surface area contributed by atoms with Crippen LogP contribution in [0.25, 0.3) is 11.2 Å². The van der Waals surface area contributed by atoms with Crippen molar-refractivity contribution in [3.05, 3.63) is 66.5 Å². The zero-order valence-corrected chi connectivity index (χ0v) is 28.1.